The van der Waals surface area contributed by atoms with E-state index in [1.807, 2.05) is 6.92 Å². The molecule has 1 unspecified atom stereocenters. The maximum atomic E-state index is 13.6. The van der Waals surface area contributed by atoms with Gasteiger partial charge in [-0.05, 0) is 56.2 Å². The summed E-state index contributed by atoms with van der Waals surface area (Å²) in [5.41, 5.74) is 1.37. The van der Waals surface area contributed by atoms with Gasteiger partial charge in [0, 0.05) is 33.7 Å². The predicted molar refractivity (Wildman–Crippen MR) is 143 cm³/mol. The number of rotatable bonds is 11. The number of carbonyl (C=O) groups excluding carboxylic acids is 2. The number of hydrogen-bond donors (Lipinski definition) is 1. The van der Waals surface area contributed by atoms with Crippen molar-refractivity contribution in [2.75, 3.05) is 23.7 Å². The first-order valence-corrected chi connectivity index (χ1v) is 14.1. The Morgan fingerprint density at radius 1 is 1.09 bits per heavy atom. The monoisotopic (exact) mass is 561 g/mol. The van der Waals surface area contributed by atoms with Crippen molar-refractivity contribution in [1.29, 1.82) is 0 Å². The van der Waals surface area contributed by atoms with Gasteiger partial charge in [0.05, 0.1) is 11.9 Å². The Morgan fingerprint density at radius 3 is 2.26 bits per heavy atom. The number of sulfonamides is 1. The highest BCUT2D eigenvalue weighted by molar-refractivity contribution is 7.92. The quantitative estimate of drug-likeness (QED) is 0.388. The van der Waals surface area contributed by atoms with Crippen LogP contribution in [0.1, 0.15) is 37.8 Å². The molecule has 0 bridgehead atoms. The Hall–Kier alpha value is -2.00. The summed E-state index contributed by atoms with van der Waals surface area (Å²) in [6.45, 7) is 5.17. The van der Waals surface area contributed by atoms with Gasteiger partial charge in [-0.2, -0.15) is 0 Å². The molecule has 11 heteroatoms. The van der Waals surface area contributed by atoms with E-state index in [9.17, 15) is 18.0 Å². The lowest BCUT2D eigenvalue weighted by Gasteiger charge is -2.32. The minimum absolute atomic E-state index is 0.0725. The van der Waals surface area contributed by atoms with Gasteiger partial charge in [-0.1, -0.05) is 54.2 Å². The number of anilines is 1. The van der Waals surface area contributed by atoms with Crippen molar-refractivity contribution in [3.63, 3.8) is 0 Å². The Kier molecular flexibility index (Phi) is 10.7. The summed E-state index contributed by atoms with van der Waals surface area (Å²) < 4.78 is 26.3. The molecule has 2 rings (SSSR count). The second kappa shape index (κ2) is 12.8. The summed E-state index contributed by atoms with van der Waals surface area (Å²) in [5.74, 6) is -0.942. The molecular formula is C24H30Cl3N3O4S. The van der Waals surface area contributed by atoms with Gasteiger partial charge < -0.3 is 10.2 Å². The van der Waals surface area contributed by atoms with Crippen LogP contribution >= 0.6 is 34.8 Å². The van der Waals surface area contributed by atoms with Gasteiger partial charge in [0.2, 0.25) is 21.8 Å². The van der Waals surface area contributed by atoms with Crippen LogP contribution in [0.25, 0.3) is 0 Å². The summed E-state index contributed by atoms with van der Waals surface area (Å²) in [6, 6.07) is 8.76. The van der Waals surface area contributed by atoms with E-state index in [2.05, 4.69) is 5.32 Å². The number of unbranched alkanes of at least 4 members (excludes halogenated alkanes) is 1. The van der Waals surface area contributed by atoms with Crippen LogP contribution in [0.3, 0.4) is 0 Å². The molecule has 2 amide bonds. The number of carbonyl (C=O) groups is 2. The SMILES string of the molecule is CCCCNC(=O)C(C)N(Cc1c(Cl)cccc1Cl)C(=O)CN(c1ccc(Cl)cc1C)S(C)(=O)=O. The summed E-state index contributed by atoms with van der Waals surface area (Å²) in [5, 5.41) is 3.93. The zero-order valence-electron chi connectivity index (χ0n) is 20.1. The number of amides is 2. The highest BCUT2D eigenvalue weighted by Gasteiger charge is 2.31. The molecule has 0 aliphatic rings. The lowest BCUT2D eigenvalue weighted by atomic mass is 10.1. The van der Waals surface area contributed by atoms with Crippen LogP contribution in [-0.2, 0) is 26.2 Å². The molecular weight excluding hydrogens is 533 g/mol. The van der Waals surface area contributed by atoms with E-state index in [0.29, 0.717) is 38.4 Å². The molecule has 0 aliphatic carbocycles. The number of benzene rings is 2. The maximum absolute atomic E-state index is 13.6. The first-order chi connectivity index (χ1) is 16.4. The van der Waals surface area contributed by atoms with E-state index in [0.717, 1.165) is 23.4 Å². The molecule has 192 valence electrons. The van der Waals surface area contributed by atoms with Crippen molar-refractivity contribution < 1.29 is 18.0 Å². The lowest BCUT2D eigenvalue weighted by molar-refractivity contribution is -0.139. The average molecular weight is 563 g/mol. The fourth-order valence-corrected chi connectivity index (χ4v) is 5.12. The van der Waals surface area contributed by atoms with Gasteiger partial charge >= 0.3 is 0 Å². The van der Waals surface area contributed by atoms with Crippen molar-refractivity contribution in [3.05, 3.63) is 62.6 Å². The number of aryl methyl sites for hydroxylation is 1. The van der Waals surface area contributed by atoms with E-state index in [-0.39, 0.29) is 12.5 Å². The number of halogens is 3. The molecule has 0 heterocycles. The largest absolute Gasteiger partial charge is 0.354 e. The lowest BCUT2D eigenvalue weighted by Crippen LogP contribution is -2.51. The van der Waals surface area contributed by atoms with Crippen molar-refractivity contribution in [3.8, 4) is 0 Å². The first-order valence-electron chi connectivity index (χ1n) is 11.1. The van der Waals surface area contributed by atoms with E-state index in [1.165, 1.54) is 4.90 Å². The Bertz CT molecular complexity index is 1150. The van der Waals surface area contributed by atoms with Gasteiger partial charge in [-0.3, -0.25) is 13.9 Å². The summed E-state index contributed by atoms with van der Waals surface area (Å²) >= 11 is 18.7. The van der Waals surface area contributed by atoms with E-state index < -0.39 is 28.5 Å². The molecule has 0 aliphatic heterocycles. The van der Waals surface area contributed by atoms with Crippen molar-refractivity contribution in [2.24, 2.45) is 0 Å². The van der Waals surface area contributed by atoms with E-state index >= 15 is 0 Å². The van der Waals surface area contributed by atoms with Gasteiger partial charge in [0.15, 0.2) is 0 Å². The highest BCUT2D eigenvalue weighted by Crippen LogP contribution is 2.28. The molecule has 0 fully saturated rings. The highest BCUT2D eigenvalue weighted by atomic mass is 35.5. The minimum atomic E-state index is -3.84. The van der Waals surface area contributed by atoms with Gasteiger partial charge in [-0.25, -0.2) is 8.42 Å². The summed E-state index contributed by atoms with van der Waals surface area (Å²) in [7, 11) is -3.84. The first kappa shape index (κ1) is 29.2. The minimum Gasteiger partial charge on any atom is -0.354 e. The predicted octanol–water partition coefficient (Wildman–Crippen LogP) is 5.05. The van der Waals surface area contributed by atoms with Crippen LogP contribution in [0.2, 0.25) is 15.1 Å². The van der Waals surface area contributed by atoms with Crippen molar-refractivity contribution in [2.45, 2.75) is 46.2 Å². The molecule has 1 N–H and O–H groups in total. The van der Waals surface area contributed by atoms with Gasteiger partial charge in [-0.15, -0.1) is 0 Å². The zero-order chi connectivity index (χ0) is 26.3. The third kappa shape index (κ3) is 8.00. The Labute approximate surface area is 222 Å². The third-order valence-electron chi connectivity index (χ3n) is 5.49. The smallest absolute Gasteiger partial charge is 0.244 e. The fourth-order valence-electron chi connectivity index (χ4n) is 3.47. The Morgan fingerprint density at radius 2 is 1.71 bits per heavy atom. The topological polar surface area (TPSA) is 86.8 Å². The molecule has 0 saturated carbocycles. The van der Waals surface area contributed by atoms with Crippen LogP contribution < -0.4 is 9.62 Å². The maximum Gasteiger partial charge on any atom is 0.244 e. The molecule has 0 radical (unpaired) electrons. The van der Waals surface area contributed by atoms with E-state index in [1.54, 1.807) is 50.2 Å². The van der Waals surface area contributed by atoms with Crippen LogP contribution in [0, 0.1) is 6.92 Å². The molecule has 35 heavy (non-hydrogen) atoms. The van der Waals surface area contributed by atoms with Gasteiger partial charge in [0.1, 0.15) is 12.6 Å². The van der Waals surface area contributed by atoms with Crippen molar-refractivity contribution >= 4 is 62.3 Å². The molecule has 2 aromatic rings. The normalized spacial score (nSPS) is 12.2. The molecule has 1 atom stereocenters. The number of nitrogens with zero attached hydrogens (tertiary/aromatic N) is 2. The third-order valence-corrected chi connectivity index (χ3v) is 7.56. The second-order valence-corrected chi connectivity index (χ2v) is 11.4. The molecule has 0 saturated heterocycles. The second-order valence-electron chi connectivity index (χ2n) is 8.24. The Balaban J connectivity index is 2.44. The standard InChI is InChI=1S/C24H30Cl3N3O4S/c1-5-6-12-28-24(32)17(3)29(14-19-20(26)8-7-9-21(19)27)23(31)15-30(35(4,33)34)22-11-10-18(25)13-16(22)2/h7-11,13,17H,5-6,12,14-15H2,1-4H3,(H,28,32). The molecule has 0 aromatic heterocycles. The van der Waals surface area contributed by atoms with E-state index in [4.69, 9.17) is 34.8 Å². The zero-order valence-corrected chi connectivity index (χ0v) is 23.2. The average Bonchev–Trinajstić information content (AvgIpc) is 2.76. The molecule has 7 nitrogen and oxygen atoms in total. The van der Waals surface area contributed by atoms with Crippen molar-refractivity contribution in [1.82, 2.24) is 10.2 Å². The fraction of sp³-hybridized carbons (Fsp3) is 0.417. The summed E-state index contributed by atoms with van der Waals surface area (Å²) in [6.07, 6.45) is 2.71. The van der Waals surface area contributed by atoms with Gasteiger partial charge in [0.25, 0.3) is 0 Å². The van der Waals surface area contributed by atoms with Crippen LogP contribution in [0.5, 0.6) is 0 Å². The number of hydrogen-bond acceptors (Lipinski definition) is 4. The van der Waals surface area contributed by atoms with Crippen LogP contribution in [0.4, 0.5) is 5.69 Å². The van der Waals surface area contributed by atoms with Crippen LogP contribution in [-0.4, -0.2) is 50.5 Å². The molecule has 2 aromatic carbocycles. The van der Waals surface area contributed by atoms with Crippen LogP contribution in [0.15, 0.2) is 36.4 Å². The number of nitrogens with one attached hydrogen (secondary N) is 1. The molecule has 0 spiro atoms. The summed E-state index contributed by atoms with van der Waals surface area (Å²) in [4.78, 5) is 27.7.